The second kappa shape index (κ2) is 9.16. The van der Waals surface area contributed by atoms with E-state index < -0.39 is 0 Å². The first-order valence-corrected chi connectivity index (χ1v) is 10.2. The van der Waals surface area contributed by atoms with Crippen molar-refractivity contribution in [1.82, 2.24) is 9.99 Å². The number of amides is 1. The van der Waals surface area contributed by atoms with Gasteiger partial charge in [-0.1, -0.05) is 77.8 Å². The maximum absolute atomic E-state index is 12.1. The van der Waals surface area contributed by atoms with Crippen molar-refractivity contribution in [3.05, 3.63) is 106 Å². The average molecular weight is 436 g/mol. The van der Waals surface area contributed by atoms with E-state index in [1.807, 2.05) is 66.9 Å². The van der Waals surface area contributed by atoms with E-state index in [-0.39, 0.29) is 12.3 Å². The zero-order valence-corrected chi connectivity index (χ0v) is 17.6. The van der Waals surface area contributed by atoms with E-state index in [0.29, 0.717) is 16.6 Å². The molecule has 6 heteroatoms. The van der Waals surface area contributed by atoms with Crippen molar-refractivity contribution in [1.29, 1.82) is 0 Å². The molecule has 1 heterocycles. The van der Waals surface area contributed by atoms with Gasteiger partial charge in [0.05, 0.1) is 22.7 Å². The van der Waals surface area contributed by atoms with Crippen LogP contribution in [0, 0.1) is 0 Å². The molecule has 3 aromatic carbocycles. The van der Waals surface area contributed by atoms with Gasteiger partial charge in [-0.15, -0.1) is 0 Å². The molecule has 0 bridgehead atoms. The first kappa shape index (κ1) is 20.2. The van der Waals surface area contributed by atoms with E-state index in [4.69, 9.17) is 23.2 Å². The number of carbonyl (C=O) groups excluding carboxylic acids is 1. The Labute approximate surface area is 184 Å². The lowest BCUT2D eigenvalue weighted by Gasteiger charge is -2.06. The van der Waals surface area contributed by atoms with Crippen LogP contribution in [0.25, 0.3) is 10.9 Å². The number of nitrogens with one attached hydrogen (secondary N) is 1. The molecular formula is C24H19Cl2N3O. The van der Waals surface area contributed by atoms with Crippen LogP contribution in [0.2, 0.25) is 10.0 Å². The van der Waals surface area contributed by atoms with Crippen LogP contribution in [0.3, 0.4) is 0 Å². The minimum Gasteiger partial charge on any atom is -0.342 e. The first-order valence-electron chi connectivity index (χ1n) is 9.48. The Morgan fingerprint density at radius 1 is 0.933 bits per heavy atom. The molecule has 0 aliphatic heterocycles. The number of hydrogen-bond acceptors (Lipinski definition) is 2. The Balaban J connectivity index is 1.52. The highest BCUT2D eigenvalue weighted by atomic mass is 35.5. The zero-order chi connectivity index (χ0) is 20.9. The van der Waals surface area contributed by atoms with Crippen molar-refractivity contribution in [2.75, 3.05) is 0 Å². The molecule has 0 aliphatic rings. The van der Waals surface area contributed by atoms with Crippen LogP contribution in [0.5, 0.6) is 0 Å². The lowest BCUT2D eigenvalue weighted by atomic mass is 10.1. The fourth-order valence-electron chi connectivity index (χ4n) is 3.34. The summed E-state index contributed by atoms with van der Waals surface area (Å²) in [7, 11) is 0. The fourth-order valence-corrected chi connectivity index (χ4v) is 3.66. The monoisotopic (exact) mass is 435 g/mol. The predicted molar refractivity (Wildman–Crippen MR) is 123 cm³/mol. The van der Waals surface area contributed by atoms with Crippen LogP contribution in [-0.4, -0.2) is 16.7 Å². The summed E-state index contributed by atoms with van der Waals surface area (Å²) in [4.78, 5) is 12.1. The largest absolute Gasteiger partial charge is 0.342 e. The molecule has 0 radical (unpaired) electrons. The molecule has 4 nitrogen and oxygen atoms in total. The van der Waals surface area contributed by atoms with E-state index >= 15 is 0 Å². The lowest BCUT2D eigenvalue weighted by molar-refractivity contribution is -0.120. The van der Waals surface area contributed by atoms with Gasteiger partial charge in [-0.2, -0.15) is 5.10 Å². The standard InChI is InChI=1S/C24H19Cl2N3O/c25-21-11-10-18(12-22(21)26)15-29-16-19(20-8-4-5-9-23(20)29)14-27-28-24(30)13-17-6-2-1-3-7-17/h1-12,14,16H,13,15H2,(H,28,30)/b27-14-. The van der Waals surface area contributed by atoms with E-state index in [9.17, 15) is 4.79 Å². The van der Waals surface area contributed by atoms with Gasteiger partial charge >= 0.3 is 0 Å². The topological polar surface area (TPSA) is 46.4 Å². The van der Waals surface area contributed by atoms with Crippen molar-refractivity contribution in [2.45, 2.75) is 13.0 Å². The minimum absolute atomic E-state index is 0.156. The van der Waals surface area contributed by atoms with Crippen LogP contribution in [-0.2, 0) is 17.8 Å². The molecule has 0 unspecified atom stereocenters. The number of halogens is 2. The van der Waals surface area contributed by atoms with Crippen molar-refractivity contribution in [3.8, 4) is 0 Å². The Hall–Kier alpha value is -3.08. The van der Waals surface area contributed by atoms with Gasteiger partial charge in [0.15, 0.2) is 0 Å². The van der Waals surface area contributed by atoms with Gasteiger partial charge in [0.25, 0.3) is 0 Å². The number of fused-ring (bicyclic) bond motifs is 1. The maximum Gasteiger partial charge on any atom is 0.244 e. The smallest absolute Gasteiger partial charge is 0.244 e. The molecule has 1 amide bonds. The first-order chi connectivity index (χ1) is 14.6. The molecule has 1 aromatic heterocycles. The molecule has 4 aromatic rings. The number of aromatic nitrogens is 1. The number of nitrogens with zero attached hydrogens (tertiary/aromatic N) is 2. The number of benzene rings is 3. The van der Waals surface area contributed by atoms with Crippen molar-refractivity contribution in [2.24, 2.45) is 5.10 Å². The molecule has 0 fully saturated rings. The number of carbonyl (C=O) groups is 1. The Morgan fingerprint density at radius 3 is 2.50 bits per heavy atom. The third-order valence-corrected chi connectivity index (χ3v) is 5.50. The summed E-state index contributed by atoms with van der Waals surface area (Å²) in [6.07, 6.45) is 3.98. The zero-order valence-electron chi connectivity index (χ0n) is 16.1. The van der Waals surface area contributed by atoms with E-state index in [1.165, 1.54) is 0 Å². The quantitative estimate of drug-likeness (QED) is 0.306. The van der Waals surface area contributed by atoms with Crippen LogP contribution in [0.15, 0.2) is 84.1 Å². The molecule has 0 spiro atoms. The van der Waals surface area contributed by atoms with Gasteiger partial charge in [0.2, 0.25) is 5.91 Å². The van der Waals surface area contributed by atoms with Crippen molar-refractivity contribution in [3.63, 3.8) is 0 Å². The highest BCUT2D eigenvalue weighted by Gasteiger charge is 2.08. The SMILES string of the molecule is O=C(Cc1ccccc1)N/N=C\c1cn(Cc2ccc(Cl)c(Cl)c2)c2ccccc12. The lowest BCUT2D eigenvalue weighted by Crippen LogP contribution is -2.19. The van der Waals surface area contributed by atoms with Gasteiger partial charge in [0.1, 0.15) is 0 Å². The van der Waals surface area contributed by atoms with Crippen LogP contribution >= 0.6 is 23.2 Å². The maximum atomic E-state index is 12.1. The van der Waals surface area contributed by atoms with Gasteiger partial charge < -0.3 is 4.57 Å². The van der Waals surface area contributed by atoms with Crippen LogP contribution in [0.4, 0.5) is 0 Å². The van der Waals surface area contributed by atoms with Crippen molar-refractivity contribution >= 4 is 46.2 Å². The Bertz CT molecular complexity index is 1220. The molecule has 30 heavy (non-hydrogen) atoms. The molecule has 1 N–H and O–H groups in total. The highest BCUT2D eigenvalue weighted by Crippen LogP contribution is 2.25. The molecule has 0 aliphatic carbocycles. The highest BCUT2D eigenvalue weighted by molar-refractivity contribution is 6.42. The number of hydrazone groups is 1. The van der Waals surface area contributed by atoms with Gasteiger partial charge in [-0.25, -0.2) is 5.43 Å². The molecule has 150 valence electrons. The molecule has 0 atom stereocenters. The minimum atomic E-state index is -0.156. The summed E-state index contributed by atoms with van der Waals surface area (Å²) in [5, 5.41) is 6.29. The third-order valence-electron chi connectivity index (χ3n) is 4.76. The van der Waals surface area contributed by atoms with Crippen LogP contribution < -0.4 is 5.43 Å². The summed E-state index contributed by atoms with van der Waals surface area (Å²) in [6.45, 7) is 0.644. The average Bonchev–Trinajstić information content (AvgIpc) is 3.09. The second-order valence-corrected chi connectivity index (χ2v) is 7.75. The molecule has 4 rings (SSSR count). The summed E-state index contributed by atoms with van der Waals surface area (Å²) in [5.74, 6) is -0.156. The Morgan fingerprint density at radius 2 is 1.70 bits per heavy atom. The van der Waals surface area contributed by atoms with E-state index in [0.717, 1.165) is 27.6 Å². The van der Waals surface area contributed by atoms with E-state index in [1.54, 1.807) is 12.3 Å². The molecule has 0 saturated carbocycles. The molecule has 0 saturated heterocycles. The van der Waals surface area contributed by atoms with E-state index in [2.05, 4.69) is 21.2 Å². The van der Waals surface area contributed by atoms with Gasteiger partial charge in [-0.05, 0) is 29.3 Å². The second-order valence-electron chi connectivity index (χ2n) is 6.93. The van der Waals surface area contributed by atoms with Gasteiger partial charge in [0, 0.05) is 29.2 Å². The number of para-hydroxylation sites is 1. The van der Waals surface area contributed by atoms with Gasteiger partial charge in [-0.3, -0.25) is 4.79 Å². The van der Waals surface area contributed by atoms with Crippen molar-refractivity contribution < 1.29 is 4.79 Å². The number of rotatable bonds is 6. The number of hydrogen-bond donors (Lipinski definition) is 1. The summed E-state index contributed by atoms with van der Waals surface area (Å²) in [5.41, 5.74) is 6.59. The fraction of sp³-hybridized carbons (Fsp3) is 0.0833. The summed E-state index contributed by atoms with van der Waals surface area (Å²) >= 11 is 12.2. The Kier molecular flexibility index (Phi) is 6.17. The summed E-state index contributed by atoms with van der Waals surface area (Å²) in [6, 6.07) is 23.3. The summed E-state index contributed by atoms with van der Waals surface area (Å²) < 4.78 is 2.13. The third kappa shape index (κ3) is 4.73. The predicted octanol–water partition coefficient (Wildman–Crippen LogP) is 5.69. The molecular weight excluding hydrogens is 417 g/mol. The normalized spacial score (nSPS) is 11.3. The van der Waals surface area contributed by atoms with Crippen LogP contribution in [0.1, 0.15) is 16.7 Å².